The van der Waals surface area contributed by atoms with Gasteiger partial charge in [-0.25, -0.2) is 0 Å². The minimum Gasteiger partial charge on any atom is -0.370 e. The van der Waals surface area contributed by atoms with Crippen LogP contribution in [-0.4, -0.2) is 12.2 Å². The van der Waals surface area contributed by atoms with Crippen molar-refractivity contribution in [2.24, 2.45) is 0 Å². The van der Waals surface area contributed by atoms with E-state index in [1.807, 2.05) is 0 Å². The fourth-order valence-corrected chi connectivity index (χ4v) is 1.65. The van der Waals surface area contributed by atoms with Crippen LogP contribution in [0, 0.1) is 0 Å². The van der Waals surface area contributed by atoms with Gasteiger partial charge in [0.1, 0.15) is 0 Å². The molecule has 0 aromatic rings. The van der Waals surface area contributed by atoms with E-state index in [4.69, 9.17) is 4.74 Å². The molecule has 1 fully saturated rings. The molecule has 2 unspecified atom stereocenters. The van der Waals surface area contributed by atoms with Gasteiger partial charge in [-0.3, -0.25) is 0 Å². The van der Waals surface area contributed by atoms with Crippen LogP contribution in [-0.2, 0) is 4.74 Å². The molecule has 0 aromatic heterocycles. The number of hydrogen-bond donors (Lipinski definition) is 0. The number of hydrogen-bond acceptors (Lipinski definition) is 1. The summed E-state index contributed by atoms with van der Waals surface area (Å²) in [6.45, 7) is 4.26. The first-order chi connectivity index (χ1) is 6.88. The van der Waals surface area contributed by atoms with Gasteiger partial charge in [-0.15, -0.1) is 0 Å². The molecule has 0 saturated carbocycles. The Bertz CT molecular complexity index is 193. The highest BCUT2D eigenvalue weighted by Crippen LogP contribution is 2.28. The second kappa shape index (κ2) is 6.83. The summed E-state index contributed by atoms with van der Waals surface area (Å²) >= 11 is 0. The monoisotopic (exact) mass is 194 g/mol. The minimum atomic E-state index is 0.570. The zero-order chi connectivity index (χ0) is 10.2. The van der Waals surface area contributed by atoms with Crippen molar-refractivity contribution in [1.29, 1.82) is 0 Å². The van der Waals surface area contributed by atoms with Crippen LogP contribution in [0.5, 0.6) is 0 Å². The molecule has 0 bridgehead atoms. The van der Waals surface area contributed by atoms with Crippen molar-refractivity contribution in [3.63, 3.8) is 0 Å². The van der Waals surface area contributed by atoms with Crippen LogP contribution < -0.4 is 0 Å². The van der Waals surface area contributed by atoms with Crippen LogP contribution in [0.2, 0.25) is 0 Å². The van der Waals surface area contributed by atoms with Crippen molar-refractivity contribution in [3.05, 3.63) is 24.3 Å². The van der Waals surface area contributed by atoms with Crippen molar-refractivity contribution in [2.75, 3.05) is 0 Å². The third-order valence-electron chi connectivity index (χ3n) is 2.61. The van der Waals surface area contributed by atoms with Crippen LogP contribution in [0.4, 0.5) is 0 Å². The number of unbranched alkanes of at least 4 members (excludes halogenated alkanes) is 1. The molecule has 1 saturated heterocycles. The lowest BCUT2D eigenvalue weighted by atomic mass is 10.1. The van der Waals surface area contributed by atoms with Gasteiger partial charge in [0.05, 0.1) is 12.2 Å². The summed E-state index contributed by atoms with van der Waals surface area (Å²) in [4.78, 5) is 0. The van der Waals surface area contributed by atoms with Crippen molar-refractivity contribution in [2.45, 2.75) is 58.2 Å². The number of ether oxygens (including phenoxy) is 1. The van der Waals surface area contributed by atoms with E-state index in [-0.39, 0.29) is 0 Å². The first kappa shape index (κ1) is 11.5. The summed E-state index contributed by atoms with van der Waals surface area (Å²) < 4.78 is 5.47. The third-order valence-corrected chi connectivity index (χ3v) is 2.61. The fourth-order valence-electron chi connectivity index (χ4n) is 1.65. The Labute approximate surface area is 87.8 Å². The van der Waals surface area contributed by atoms with E-state index < -0.39 is 0 Å². The van der Waals surface area contributed by atoms with Crippen molar-refractivity contribution >= 4 is 0 Å². The molecule has 0 spiro atoms. The predicted molar refractivity (Wildman–Crippen MR) is 61.4 cm³/mol. The summed E-state index contributed by atoms with van der Waals surface area (Å²) in [5, 5.41) is 0. The largest absolute Gasteiger partial charge is 0.370 e. The van der Waals surface area contributed by atoms with Gasteiger partial charge in [-0.2, -0.15) is 0 Å². The van der Waals surface area contributed by atoms with Crippen LogP contribution in [0.25, 0.3) is 0 Å². The Kier molecular flexibility index (Phi) is 5.62. The number of epoxide rings is 1. The van der Waals surface area contributed by atoms with E-state index in [1.54, 1.807) is 0 Å². The molecule has 1 nitrogen and oxygen atoms in total. The summed E-state index contributed by atoms with van der Waals surface area (Å²) in [6, 6.07) is 0. The highest BCUT2D eigenvalue weighted by molar-refractivity contribution is 4.90. The molecular formula is C13H22O. The maximum Gasteiger partial charge on any atom is 0.0844 e. The minimum absolute atomic E-state index is 0.570. The van der Waals surface area contributed by atoms with Gasteiger partial charge in [0.15, 0.2) is 0 Å². The van der Waals surface area contributed by atoms with E-state index in [2.05, 4.69) is 38.2 Å². The van der Waals surface area contributed by atoms with Crippen LogP contribution >= 0.6 is 0 Å². The van der Waals surface area contributed by atoms with Gasteiger partial charge in [0, 0.05) is 0 Å². The molecule has 1 heteroatoms. The van der Waals surface area contributed by atoms with Crippen LogP contribution in [0.1, 0.15) is 46.0 Å². The zero-order valence-electron chi connectivity index (χ0n) is 9.41. The highest BCUT2D eigenvalue weighted by atomic mass is 16.6. The van der Waals surface area contributed by atoms with E-state index in [1.165, 1.54) is 32.1 Å². The maximum absolute atomic E-state index is 5.47. The molecule has 1 aliphatic rings. The molecular weight excluding hydrogens is 172 g/mol. The molecule has 2 atom stereocenters. The standard InChI is InChI=1S/C13H22O/c1-3-5-6-7-8-9-10-11-13-12(4-2)14-13/h3,5,8-9,12-13H,4,6-7,10-11H2,1-2H3/b5-3-,9-8+. The lowest BCUT2D eigenvalue weighted by molar-refractivity contribution is 0.360. The zero-order valence-corrected chi connectivity index (χ0v) is 9.41. The lowest BCUT2D eigenvalue weighted by Gasteiger charge is -1.89. The van der Waals surface area contributed by atoms with Crippen LogP contribution in [0.15, 0.2) is 24.3 Å². The molecule has 80 valence electrons. The predicted octanol–water partition coefficient (Wildman–Crippen LogP) is 3.86. The quantitative estimate of drug-likeness (QED) is 0.340. The smallest absolute Gasteiger partial charge is 0.0844 e. The molecule has 0 amide bonds. The van der Waals surface area contributed by atoms with Crippen molar-refractivity contribution in [1.82, 2.24) is 0 Å². The summed E-state index contributed by atoms with van der Waals surface area (Å²) in [5.41, 5.74) is 0. The Morgan fingerprint density at radius 1 is 1.00 bits per heavy atom. The number of allylic oxidation sites excluding steroid dienone is 4. The van der Waals surface area contributed by atoms with E-state index >= 15 is 0 Å². The van der Waals surface area contributed by atoms with Crippen LogP contribution in [0.3, 0.4) is 0 Å². The Balaban J connectivity index is 1.88. The average molecular weight is 194 g/mol. The summed E-state index contributed by atoms with van der Waals surface area (Å²) in [5.74, 6) is 0. The molecule has 0 aromatic carbocycles. The van der Waals surface area contributed by atoms with Gasteiger partial charge in [-0.1, -0.05) is 31.2 Å². The molecule has 1 rings (SSSR count). The Morgan fingerprint density at radius 2 is 1.71 bits per heavy atom. The highest BCUT2D eigenvalue weighted by Gasteiger charge is 2.35. The van der Waals surface area contributed by atoms with Gasteiger partial charge in [0.25, 0.3) is 0 Å². The molecule has 1 heterocycles. The lowest BCUT2D eigenvalue weighted by Crippen LogP contribution is -1.90. The second-order valence-corrected chi connectivity index (χ2v) is 3.82. The molecule has 0 radical (unpaired) electrons. The first-order valence-corrected chi connectivity index (χ1v) is 5.80. The normalized spacial score (nSPS) is 26.4. The maximum atomic E-state index is 5.47. The van der Waals surface area contributed by atoms with E-state index in [9.17, 15) is 0 Å². The second-order valence-electron chi connectivity index (χ2n) is 3.82. The molecule has 0 aliphatic carbocycles. The topological polar surface area (TPSA) is 12.5 Å². The summed E-state index contributed by atoms with van der Waals surface area (Å²) in [7, 11) is 0. The van der Waals surface area contributed by atoms with E-state index in [0.29, 0.717) is 12.2 Å². The molecule has 14 heavy (non-hydrogen) atoms. The fraction of sp³-hybridized carbons (Fsp3) is 0.692. The third kappa shape index (κ3) is 4.61. The van der Waals surface area contributed by atoms with Crippen molar-refractivity contribution in [3.8, 4) is 0 Å². The van der Waals surface area contributed by atoms with Crippen molar-refractivity contribution < 1.29 is 4.74 Å². The van der Waals surface area contributed by atoms with Gasteiger partial charge in [-0.05, 0) is 39.0 Å². The summed E-state index contributed by atoms with van der Waals surface area (Å²) in [6.07, 6.45) is 15.9. The Hall–Kier alpha value is -0.560. The first-order valence-electron chi connectivity index (χ1n) is 5.80. The van der Waals surface area contributed by atoms with Gasteiger partial charge >= 0.3 is 0 Å². The SMILES string of the molecule is C/C=C\CC/C=C/CCC1OC1CC. The van der Waals surface area contributed by atoms with E-state index in [0.717, 1.165) is 0 Å². The molecule has 1 aliphatic heterocycles. The average Bonchev–Trinajstić information content (AvgIpc) is 2.95. The van der Waals surface area contributed by atoms with Gasteiger partial charge in [0.2, 0.25) is 0 Å². The molecule has 0 N–H and O–H groups in total. The van der Waals surface area contributed by atoms with Gasteiger partial charge < -0.3 is 4.74 Å². The Morgan fingerprint density at radius 3 is 2.36 bits per heavy atom. The number of rotatable bonds is 7.